The summed E-state index contributed by atoms with van der Waals surface area (Å²) in [6.07, 6.45) is -0.463. The van der Waals surface area contributed by atoms with Crippen LogP contribution in [-0.2, 0) is 9.59 Å². The van der Waals surface area contributed by atoms with E-state index in [1.807, 2.05) is 0 Å². The van der Waals surface area contributed by atoms with Crippen molar-refractivity contribution in [2.24, 2.45) is 0 Å². The summed E-state index contributed by atoms with van der Waals surface area (Å²) in [5, 5.41) is 19.7. The van der Waals surface area contributed by atoms with Gasteiger partial charge in [0.05, 0.1) is 0 Å². The van der Waals surface area contributed by atoms with Crippen LogP contribution >= 0.6 is 0 Å². The van der Waals surface area contributed by atoms with Gasteiger partial charge in [0.2, 0.25) is 0 Å². The first-order chi connectivity index (χ1) is 8.50. The van der Waals surface area contributed by atoms with Crippen molar-refractivity contribution in [3.8, 4) is 0 Å². The summed E-state index contributed by atoms with van der Waals surface area (Å²) in [6, 6.07) is 6.94. The van der Waals surface area contributed by atoms with Gasteiger partial charge in [0.1, 0.15) is 6.04 Å². The second-order valence-corrected chi connectivity index (χ2v) is 3.66. The average Bonchev–Trinajstić information content (AvgIpc) is 2.34. The Morgan fingerprint density at radius 1 is 1.11 bits per heavy atom. The van der Waals surface area contributed by atoms with Gasteiger partial charge >= 0.3 is 49.7 Å². The number of hydrogen-bond donors (Lipinski definition) is 3. The third kappa shape index (κ3) is 6.56. The van der Waals surface area contributed by atoms with E-state index in [-0.39, 0.29) is 50.6 Å². The minimum atomic E-state index is -1.25. The first-order valence-corrected chi connectivity index (χ1v) is 5.31. The zero-order valence-corrected chi connectivity index (χ0v) is 9.50. The zero-order chi connectivity index (χ0) is 13.5. The molecule has 0 radical (unpaired) electrons. The van der Waals surface area contributed by atoms with E-state index in [0.29, 0.717) is 5.56 Å². The molecular weight excluding hydrogens is 278 g/mol. The number of carbonyl (C=O) groups is 3. The first-order valence-electron chi connectivity index (χ1n) is 5.31. The van der Waals surface area contributed by atoms with Gasteiger partial charge in [-0.2, -0.15) is 0 Å². The molecule has 7 heteroatoms. The summed E-state index contributed by atoms with van der Waals surface area (Å²) in [5.74, 6) is -2.89. The van der Waals surface area contributed by atoms with Gasteiger partial charge in [0, 0.05) is 12.0 Å². The summed E-state index contributed by atoms with van der Waals surface area (Å²) in [7, 11) is 0. The number of rotatable bonds is 6. The van der Waals surface area contributed by atoms with Crippen molar-refractivity contribution >= 4 is 55.6 Å². The molecule has 0 heterocycles. The van der Waals surface area contributed by atoms with Gasteiger partial charge in [-0.3, -0.25) is 9.59 Å². The molecule has 1 atom stereocenters. The topological polar surface area (TPSA) is 104 Å². The van der Waals surface area contributed by atoms with Crippen LogP contribution in [0.4, 0.5) is 0 Å². The van der Waals surface area contributed by atoms with Crippen LogP contribution < -0.4 is 5.32 Å². The number of aliphatic carboxylic acids is 2. The predicted octanol–water partition coefficient (Wildman–Crippen LogP) is -0.182. The normalized spacial score (nSPS) is 10.9. The van der Waals surface area contributed by atoms with E-state index < -0.39 is 23.9 Å². The molecule has 0 bridgehead atoms. The van der Waals surface area contributed by atoms with Crippen LogP contribution in [-0.4, -0.2) is 71.8 Å². The summed E-state index contributed by atoms with van der Waals surface area (Å²) >= 11 is 0. The Hall–Kier alpha value is -1.11. The average molecular weight is 293 g/mol. The quantitative estimate of drug-likeness (QED) is 0.631. The summed E-state index contributed by atoms with van der Waals surface area (Å²) < 4.78 is 0. The maximum atomic E-state index is 11.7. The summed E-state index contributed by atoms with van der Waals surface area (Å²) in [4.78, 5) is 32.9. The standard InChI is InChI=1S/C12H13NO5.Ca.2H/c14-10(15)7-6-9(12(17)18)13-11(16)8-4-2-1-3-5-8;;;/h1-5,9H,6-7H2,(H,13,16)(H,14,15)(H,17,18);;;. The molecule has 1 aromatic carbocycles. The van der Waals surface area contributed by atoms with Crippen LogP contribution in [0.3, 0.4) is 0 Å². The summed E-state index contributed by atoms with van der Waals surface area (Å²) in [5.41, 5.74) is 0.332. The van der Waals surface area contributed by atoms with E-state index in [1.54, 1.807) is 30.3 Å². The molecule has 100 valence electrons. The Morgan fingerprint density at radius 3 is 2.16 bits per heavy atom. The molecule has 0 fully saturated rings. The van der Waals surface area contributed by atoms with Gasteiger partial charge < -0.3 is 15.5 Å². The summed E-state index contributed by atoms with van der Waals surface area (Å²) in [6.45, 7) is 0. The molecule has 1 rings (SSSR count). The van der Waals surface area contributed by atoms with Gasteiger partial charge in [-0.1, -0.05) is 18.2 Å². The van der Waals surface area contributed by atoms with Crippen molar-refractivity contribution < 1.29 is 24.6 Å². The Morgan fingerprint density at radius 2 is 1.68 bits per heavy atom. The molecule has 0 spiro atoms. The molecule has 0 saturated heterocycles. The van der Waals surface area contributed by atoms with Crippen molar-refractivity contribution in [3.63, 3.8) is 0 Å². The molecule has 1 aromatic rings. The molecule has 0 aliphatic carbocycles. The van der Waals surface area contributed by atoms with Crippen LogP contribution in [0.25, 0.3) is 0 Å². The van der Waals surface area contributed by atoms with Crippen molar-refractivity contribution in [1.82, 2.24) is 5.32 Å². The fraction of sp³-hybridized carbons (Fsp3) is 0.250. The number of amides is 1. The van der Waals surface area contributed by atoms with E-state index >= 15 is 0 Å². The zero-order valence-electron chi connectivity index (χ0n) is 9.50. The Bertz CT molecular complexity index is 449. The van der Waals surface area contributed by atoms with Crippen molar-refractivity contribution in [1.29, 1.82) is 0 Å². The van der Waals surface area contributed by atoms with Gasteiger partial charge in [-0.15, -0.1) is 0 Å². The van der Waals surface area contributed by atoms with Crippen molar-refractivity contribution in [2.45, 2.75) is 18.9 Å². The molecule has 1 amide bonds. The molecule has 0 saturated carbocycles. The molecule has 6 nitrogen and oxygen atoms in total. The Labute approximate surface area is 139 Å². The monoisotopic (exact) mass is 293 g/mol. The van der Waals surface area contributed by atoms with Crippen LogP contribution in [0.5, 0.6) is 0 Å². The number of nitrogens with one attached hydrogen (secondary N) is 1. The molecule has 0 aliphatic rings. The van der Waals surface area contributed by atoms with E-state index in [1.165, 1.54) is 0 Å². The molecule has 3 N–H and O–H groups in total. The van der Waals surface area contributed by atoms with Gasteiger partial charge in [0.25, 0.3) is 5.91 Å². The fourth-order valence-corrected chi connectivity index (χ4v) is 1.36. The molecule has 1 unspecified atom stereocenters. The van der Waals surface area contributed by atoms with Gasteiger partial charge in [-0.25, -0.2) is 4.79 Å². The second kappa shape index (κ2) is 8.90. The third-order valence-electron chi connectivity index (χ3n) is 2.29. The third-order valence-corrected chi connectivity index (χ3v) is 2.29. The van der Waals surface area contributed by atoms with E-state index in [4.69, 9.17) is 10.2 Å². The molecule has 0 aliphatic heterocycles. The van der Waals surface area contributed by atoms with Crippen molar-refractivity contribution in [3.05, 3.63) is 35.9 Å². The molecule has 0 aromatic heterocycles. The number of carbonyl (C=O) groups excluding carboxylic acids is 1. The van der Waals surface area contributed by atoms with E-state index in [0.717, 1.165) is 0 Å². The second-order valence-electron chi connectivity index (χ2n) is 3.66. The SMILES string of the molecule is O=C(O)CCC(NC(=O)c1ccccc1)C(=O)O.[CaH2]. The first kappa shape index (κ1) is 17.9. The molecular formula is C12H15CaNO5. The van der Waals surface area contributed by atoms with Crippen LogP contribution in [0.2, 0.25) is 0 Å². The number of hydrogen-bond acceptors (Lipinski definition) is 3. The number of carboxylic acids is 2. The number of benzene rings is 1. The van der Waals surface area contributed by atoms with E-state index in [9.17, 15) is 14.4 Å². The van der Waals surface area contributed by atoms with Crippen LogP contribution in [0, 0.1) is 0 Å². The Kier molecular flexibility index (Phi) is 8.38. The number of carboxylic acid groups (broad SMARTS) is 2. The van der Waals surface area contributed by atoms with Crippen molar-refractivity contribution in [2.75, 3.05) is 0 Å². The van der Waals surface area contributed by atoms with Gasteiger partial charge in [-0.05, 0) is 18.6 Å². The Balaban J connectivity index is 0.00000324. The fourth-order valence-electron chi connectivity index (χ4n) is 1.36. The predicted molar refractivity (Wildman–Crippen MR) is 70.7 cm³/mol. The molecule has 19 heavy (non-hydrogen) atoms. The van der Waals surface area contributed by atoms with Crippen LogP contribution in [0.15, 0.2) is 30.3 Å². The minimum absolute atomic E-state index is 0. The van der Waals surface area contributed by atoms with E-state index in [2.05, 4.69) is 5.32 Å². The van der Waals surface area contributed by atoms with Crippen LogP contribution in [0.1, 0.15) is 23.2 Å². The van der Waals surface area contributed by atoms with Gasteiger partial charge in [0.15, 0.2) is 0 Å². The maximum absolute atomic E-state index is 11.7.